The topological polar surface area (TPSA) is 33.3 Å². The second-order valence-electron chi connectivity index (χ2n) is 6.31. The third kappa shape index (κ3) is 6.34. The first-order chi connectivity index (χ1) is 9.79. The predicted octanol–water partition coefficient (Wildman–Crippen LogP) is 4.44. The molecule has 0 unspecified atom stereocenters. The Labute approximate surface area is 134 Å². The Kier molecular flexibility index (Phi) is 6.96. The Bertz CT molecular complexity index is 450. The molecule has 0 aliphatic heterocycles. The molecular formula is C17H28N2OS. The molecule has 2 N–H and O–H groups in total. The number of ether oxygens (including phenoxy) is 1. The minimum absolute atomic E-state index is 0.164. The van der Waals surface area contributed by atoms with E-state index in [0.29, 0.717) is 23.0 Å². The molecule has 0 saturated carbocycles. The van der Waals surface area contributed by atoms with Gasteiger partial charge in [-0.1, -0.05) is 33.8 Å². The number of hydrogen-bond acceptors (Lipinski definition) is 2. The Hall–Kier alpha value is -1.29. The minimum Gasteiger partial charge on any atom is -0.491 e. The van der Waals surface area contributed by atoms with Gasteiger partial charge in [0.2, 0.25) is 0 Å². The van der Waals surface area contributed by atoms with Gasteiger partial charge in [-0.15, -0.1) is 0 Å². The number of thiocarbonyl (C=S) groups is 1. The summed E-state index contributed by atoms with van der Waals surface area (Å²) >= 11 is 5.42. The standard InChI is InChI=1S/C17H28N2OS/c1-11(2)16(12(3)4)19-17(21)18-14-8-7-9-15(10-14)20-13(5)6/h7-13,16H,1-6H3,(H2,18,19,21). The van der Waals surface area contributed by atoms with E-state index < -0.39 is 0 Å². The molecule has 0 heterocycles. The summed E-state index contributed by atoms with van der Waals surface area (Å²) < 4.78 is 5.69. The molecule has 21 heavy (non-hydrogen) atoms. The monoisotopic (exact) mass is 308 g/mol. The van der Waals surface area contributed by atoms with Crippen LogP contribution in [0.15, 0.2) is 24.3 Å². The van der Waals surface area contributed by atoms with Gasteiger partial charge >= 0.3 is 0 Å². The summed E-state index contributed by atoms with van der Waals surface area (Å²) in [7, 11) is 0. The molecule has 118 valence electrons. The zero-order valence-corrected chi connectivity index (χ0v) is 14.8. The van der Waals surface area contributed by atoms with Gasteiger partial charge in [0.05, 0.1) is 6.10 Å². The number of benzene rings is 1. The van der Waals surface area contributed by atoms with Crippen molar-refractivity contribution in [2.45, 2.75) is 53.7 Å². The number of nitrogens with one attached hydrogen (secondary N) is 2. The number of rotatable bonds is 6. The normalized spacial score (nSPS) is 11.3. The second-order valence-corrected chi connectivity index (χ2v) is 6.71. The van der Waals surface area contributed by atoms with Gasteiger partial charge in [0, 0.05) is 17.8 Å². The van der Waals surface area contributed by atoms with Crippen molar-refractivity contribution in [3.63, 3.8) is 0 Å². The molecule has 1 aromatic carbocycles. The Morgan fingerprint density at radius 3 is 2.19 bits per heavy atom. The molecule has 4 heteroatoms. The van der Waals surface area contributed by atoms with Crippen LogP contribution in [-0.2, 0) is 0 Å². The molecule has 3 nitrogen and oxygen atoms in total. The summed E-state index contributed by atoms with van der Waals surface area (Å²) in [6.07, 6.45) is 0.164. The van der Waals surface area contributed by atoms with E-state index in [-0.39, 0.29) is 6.10 Å². The van der Waals surface area contributed by atoms with Gasteiger partial charge in [0.1, 0.15) is 5.75 Å². The molecule has 0 bridgehead atoms. The van der Waals surface area contributed by atoms with E-state index in [1.54, 1.807) is 0 Å². The maximum Gasteiger partial charge on any atom is 0.171 e. The van der Waals surface area contributed by atoms with Crippen LogP contribution in [0.5, 0.6) is 5.75 Å². The fourth-order valence-electron chi connectivity index (χ4n) is 2.34. The molecule has 1 rings (SSSR count). The van der Waals surface area contributed by atoms with Crippen molar-refractivity contribution < 1.29 is 4.74 Å². The van der Waals surface area contributed by atoms with Gasteiger partial charge in [0.15, 0.2) is 5.11 Å². The number of anilines is 1. The van der Waals surface area contributed by atoms with Gasteiger partial charge in [-0.3, -0.25) is 0 Å². The summed E-state index contributed by atoms with van der Waals surface area (Å²) in [4.78, 5) is 0. The van der Waals surface area contributed by atoms with E-state index in [2.05, 4.69) is 38.3 Å². The van der Waals surface area contributed by atoms with Crippen molar-refractivity contribution in [3.05, 3.63) is 24.3 Å². The lowest BCUT2D eigenvalue weighted by Gasteiger charge is -2.27. The van der Waals surface area contributed by atoms with Crippen LogP contribution in [0.1, 0.15) is 41.5 Å². The van der Waals surface area contributed by atoms with E-state index in [0.717, 1.165) is 11.4 Å². The lowest BCUT2D eigenvalue weighted by Crippen LogP contribution is -2.44. The minimum atomic E-state index is 0.164. The first-order valence-electron chi connectivity index (χ1n) is 7.63. The summed E-state index contributed by atoms with van der Waals surface area (Å²) in [6, 6.07) is 8.23. The van der Waals surface area contributed by atoms with Crippen molar-refractivity contribution in [1.29, 1.82) is 0 Å². The highest BCUT2D eigenvalue weighted by molar-refractivity contribution is 7.80. The maximum absolute atomic E-state index is 5.69. The largest absolute Gasteiger partial charge is 0.491 e. The molecule has 0 aliphatic carbocycles. The van der Waals surface area contributed by atoms with E-state index in [1.807, 2.05) is 38.1 Å². The van der Waals surface area contributed by atoms with Crippen LogP contribution in [-0.4, -0.2) is 17.3 Å². The summed E-state index contributed by atoms with van der Waals surface area (Å²) in [5, 5.41) is 7.30. The van der Waals surface area contributed by atoms with Crippen molar-refractivity contribution >= 4 is 23.0 Å². The highest BCUT2D eigenvalue weighted by atomic mass is 32.1. The summed E-state index contributed by atoms with van der Waals surface area (Å²) in [5.74, 6) is 1.91. The van der Waals surface area contributed by atoms with Crippen molar-refractivity contribution in [1.82, 2.24) is 5.32 Å². The lowest BCUT2D eigenvalue weighted by molar-refractivity contribution is 0.242. The predicted molar refractivity (Wildman–Crippen MR) is 95.0 cm³/mol. The third-order valence-corrected chi connectivity index (χ3v) is 3.42. The van der Waals surface area contributed by atoms with Crippen molar-refractivity contribution in [2.24, 2.45) is 11.8 Å². The van der Waals surface area contributed by atoms with E-state index in [9.17, 15) is 0 Å². The Balaban J connectivity index is 2.66. The van der Waals surface area contributed by atoms with Gasteiger partial charge in [-0.25, -0.2) is 0 Å². The first kappa shape index (κ1) is 17.8. The fourth-order valence-corrected chi connectivity index (χ4v) is 2.59. The highest BCUT2D eigenvalue weighted by Crippen LogP contribution is 2.19. The molecule has 0 saturated heterocycles. The third-order valence-electron chi connectivity index (χ3n) is 3.20. The Morgan fingerprint density at radius 2 is 1.67 bits per heavy atom. The van der Waals surface area contributed by atoms with Crippen LogP contribution in [0.25, 0.3) is 0 Å². The molecule has 0 aromatic heterocycles. The second kappa shape index (κ2) is 8.23. The summed E-state index contributed by atoms with van der Waals surface area (Å²) in [6.45, 7) is 12.9. The van der Waals surface area contributed by atoms with E-state index >= 15 is 0 Å². The molecule has 0 spiro atoms. The first-order valence-corrected chi connectivity index (χ1v) is 8.04. The SMILES string of the molecule is CC(C)Oc1cccc(NC(=S)NC(C(C)C)C(C)C)c1. The van der Waals surface area contributed by atoms with Crippen molar-refractivity contribution in [3.8, 4) is 5.75 Å². The fraction of sp³-hybridized carbons (Fsp3) is 0.588. The van der Waals surface area contributed by atoms with Crippen LogP contribution in [0, 0.1) is 11.8 Å². The van der Waals surface area contributed by atoms with Gasteiger partial charge < -0.3 is 15.4 Å². The average molecular weight is 308 g/mol. The van der Waals surface area contributed by atoms with Crippen LogP contribution in [0.4, 0.5) is 5.69 Å². The quantitative estimate of drug-likeness (QED) is 0.761. The summed E-state index contributed by atoms with van der Waals surface area (Å²) in [5.41, 5.74) is 0.942. The van der Waals surface area contributed by atoms with Crippen LogP contribution < -0.4 is 15.4 Å². The van der Waals surface area contributed by atoms with Gasteiger partial charge in [0.25, 0.3) is 0 Å². The average Bonchev–Trinajstić information content (AvgIpc) is 2.34. The number of hydrogen-bond donors (Lipinski definition) is 2. The van der Waals surface area contributed by atoms with Gasteiger partial charge in [-0.2, -0.15) is 0 Å². The molecule has 0 aliphatic rings. The smallest absolute Gasteiger partial charge is 0.171 e. The van der Waals surface area contributed by atoms with Crippen LogP contribution in [0.2, 0.25) is 0 Å². The zero-order valence-electron chi connectivity index (χ0n) is 13.9. The zero-order chi connectivity index (χ0) is 16.0. The van der Waals surface area contributed by atoms with Crippen LogP contribution >= 0.6 is 12.2 Å². The Morgan fingerprint density at radius 1 is 1.05 bits per heavy atom. The van der Waals surface area contributed by atoms with Crippen molar-refractivity contribution in [2.75, 3.05) is 5.32 Å². The van der Waals surface area contributed by atoms with E-state index in [4.69, 9.17) is 17.0 Å². The molecule has 1 aromatic rings. The van der Waals surface area contributed by atoms with Crippen LogP contribution in [0.3, 0.4) is 0 Å². The van der Waals surface area contributed by atoms with Gasteiger partial charge in [-0.05, 0) is 50.0 Å². The lowest BCUT2D eigenvalue weighted by atomic mass is 9.93. The molecule has 0 atom stereocenters. The molecular weight excluding hydrogens is 280 g/mol. The van der Waals surface area contributed by atoms with E-state index in [1.165, 1.54) is 0 Å². The maximum atomic E-state index is 5.69. The molecule has 0 fully saturated rings. The molecule has 0 radical (unpaired) electrons. The molecule has 0 amide bonds. The highest BCUT2D eigenvalue weighted by Gasteiger charge is 2.18.